The van der Waals surface area contributed by atoms with E-state index in [2.05, 4.69) is 483 Å². The van der Waals surface area contributed by atoms with E-state index in [0.29, 0.717) is 0 Å². The average Bonchev–Trinajstić information content (AvgIpc) is 1.59. The highest BCUT2D eigenvalue weighted by Crippen LogP contribution is 2.59. The highest BCUT2D eigenvalue weighted by atomic mass is 16.5. The molecule has 0 aliphatic carbocycles. The van der Waals surface area contributed by atoms with E-state index in [4.69, 9.17) is 14.2 Å². The molecule has 1 aromatic heterocycles. The molecule has 0 saturated heterocycles. The molecule has 20 aromatic rings. The number of rotatable bonds is 11. The lowest BCUT2D eigenvalue weighted by molar-refractivity contribution is 0.467. The molecule has 640 valence electrons. The van der Waals surface area contributed by atoms with Crippen LogP contribution in [-0.4, -0.2) is 24.7 Å². The van der Waals surface area contributed by atoms with Gasteiger partial charge in [0.1, 0.15) is 34.5 Å². The van der Waals surface area contributed by atoms with Crippen molar-refractivity contribution in [3.63, 3.8) is 0 Å². The van der Waals surface area contributed by atoms with Crippen LogP contribution in [0.25, 0.3) is 128 Å². The summed E-state index contributed by atoms with van der Waals surface area (Å²) in [5.41, 5.74) is 41.6. The van der Waals surface area contributed by atoms with Gasteiger partial charge in [0, 0.05) is 78.5 Å². The maximum Gasteiger partial charge on any atom is 0.261 e. The van der Waals surface area contributed by atoms with Crippen LogP contribution in [0.2, 0.25) is 0 Å². The SMILES string of the molecule is CC(C)(C)c1cc(-c2ccccc2)c(N2c3cc(C(C)(C)C)cc4c3B(c3c2cc2c5c3Oc3ccc(-c6ccccc6)cc3B5c3cc(-c5ccccc5)ccc3O2)c2c(cc3c5c2Oc2ccc(-c6ccccc6)cc2B5c2cc(-c5ccccc5)cc5c6cc(-c7ccccc7)ccc6n-3c25)N4c2c(-c3ccccc3)cc(C(C)(C)C)cc2-c2ccccc2)c(-c2ccccc2)c1. The fourth-order valence-electron chi connectivity index (χ4n) is 22.7. The number of ether oxygens (including phenoxy) is 3. The lowest BCUT2D eigenvalue weighted by atomic mass is 9.28. The smallest absolute Gasteiger partial charge is 0.261 e. The van der Waals surface area contributed by atoms with Crippen LogP contribution < -0.4 is 73.2 Å². The van der Waals surface area contributed by atoms with E-state index in [9.17, 15) is 0 Å². The Bertz CT molecular complexity index is 8120. The molecule has 19 aromatic carbocycles. The van der Waals surface area contributed by atoms with Crippen LogP contribution in [0.5, 0.6) is 34.5 Å². The number of fused-ring (bicyclic) bond motifs is 17. The average molecular weight is 1730 g/mol. The topological polar surface area (TPSA) is 39.1 Å². The van der Waals surface area contributed by atoms with E-state index in [1.54, 1.807) is 0 Å². The monoisotopic (exact) mass is 1730 g/mol. The summed E-state index contributed by atoms with van der Waals surface area (Å²) in [5.74, 6) is 4.66. The van der Waals surface area contributed by atoms with E-state index >= 15 is 0 Å². The summed E-state index contributed by atoms with van der Waals surface area (Å²) < 4.78 is 27.9. The summed E-state index contributed by atoms with van der Waals surface area (Å²) in [6.45, 7) is 19.9. The van der Waals surface area contributed by atoms with Crippen LogP contribution in [0.1, 0.15) is 79.0 Å². The van der Waals surface area contributed by atoms with Crippen LogP contribution in [-0.2, 0) is 16.2 Å². The maximum absolute atomic E-state index is 8.71. The zero-order valence-electron chi connectivity index (χ0n) is 77.0. The third kappa shape index (κ3) is 12.7. The Kier molecular flexibility index (Phi) is 18.0. The van der Waals surface area contributed by atoms with Gasteiger partial charge < -0.3 is 28.6 Å². The second-order valence-electron chi connectivity index (χ2n) is 40.5. The lowest BCUT2D eigenvalue weighted by Crippen LogP contribution is -2.67. The summed E-state index contributed by atoms with van der Waals surface area (Å²) >= 11 is 0. The summed E-state index contributed by atoms with van der Waals surface area (Å²) in [4.78, 5) is 5.45. The summed E-state index contributed by atoms with van der Waals surface area (Å²) in [6, 6.07) is 153. The Labute approximate surface area is 790 Å². The van der Waals surface area contributed by atoms with E-state index in [1.807, 2.05) is 0 Å². The molecule has 6 nitrogen and oxygen atoms in total. The van der Waals surface area contributed by atoms with Gasteiger partial charge in [-0.3, -0.25) is 0 Å². The quantitative estimate of drug-likeness (QED) is 0.121. The normalized spacial score (nSPS) is 13.3. The fraction of sp³-hybridized carbons (Fsp3) is 0.0952. The molecule has 7 heterocycles. The standard InChI is InChI=1S/C126H94B3N3O3/c1-124(2,3)91-69-94(82-47-29-15-30-48-82)119(95(70-91)83-49-31-16-32-50-83)131-105-73-93(126(7,8)9)74-106-114(105)129(116-108(131)75-107-115-122(116)134-112-62-58-89(80-43-25-13-26-44-80)67-102(112)128(115)103-68-90(81-45-27-14-28-46-81)64-99-98-63-86(77-37-19-10-20-38-77)55-59-104(98)130(107)121(99)103)117-109(132(106)120-96(84-51-33-17-34-52-84)71-92(125(4,5)6)72-97(120)85-53-35-18-36-54-85)76-113-118-123(117)135-111-61-57-88(79-41-23-12-24-42-79)66-101(111)127(118)100-65-87(56-60-110(100)133-113)78-39-21-11-22-40-78/h10-76H,1-9H3. The third-order valence-corrected chi connectivity index (χ3v) is 29.3. The van der Waals surface area contributed by atoms with Crippen molar-refractivity contribution >= 4 is 125 Å². The van der Waals surface area contributed by atoms with Gasteiger partial charge in [-0.15, -0.1) is 0 Å². The van der Waals surface area contributed by atoms with Crippen molar-refractivity contribution in [1.29, 1.82) is 0 Å². The largest absolute Gasteiger partial charge is 0.459 e. The molecular weight excluding hydrogens is 1640 g/mol. The van der Waals surface area contributed by atoms with E-state index in [0.717, 1.165) is 229 Å². The molecule has 9 heteroatoms. The highest BCUT2D eigenvalue weighted by Gasteiger charge is 2.55. The number of anilines is 6. The van der Waals surface area contributed by atoms with E-state index in [-0.39, 0.29) is 10.8 Å². The lowest BCUT2D eigenvalue weighted by Gasteiger charge is -2.49. The zero-order chi connectivity index (χ0) is 90.6. The summed E-state index contributed by atoms with van der Waals surface area (Å²) in [6.07, 6.45) is 0. The van der Waals surface area contributed by atoms with Crippen molar-refractivity contribution in [3.8, 4) is 140 Å². The van der Waals surface area contributed by atoms with Gasteiger partial charge in [0.2, 0.25) is 0 Å². The predicted octanol–water partition coefficient (Wildman–Crippen LogP) is 27.4. The minimum absolute atomic E-state index is 0.295. The van der Waals surface area contributed by atoms with Gasteiger partial charge in [-0.25, -0.2) is 0 Å². The van der Waals surface area contributed by atoms with Crippen LogP contribution >= 0.6 is 0 Å². The Morgan fingerprint density at radius 2 is 0.504 bits per heavy atom. The van der Waals surface area contributed by atoms with E-state index < -0.39 is 25.6 Å². The predicted molar refractivity (Wildman–Crippen MR) is 569 cm³/mol. The molecular formula is C126H94B3N3O3. The second-order valence-corrected chi connectivity index (χ2v) is 40.5. The molecule has 0 unspecified atom stereocenters. The minimum Gasteiger partial charge on any atom is -0.459 e. The number of nitrogens with zero attached hydrogens (tertiary/aromatic N) is 3. The first-order chi connectivity index (χ1) is 65.9. The molecule has 0 bridgehead atoms. The van der Waals surface area contributed by atoms with Crippen LogP contribution in [0, 0.1) is 0 Å². The number of hydrogen-bond acceptors (Lipinski definition) is 5. The summed E-state index contributed by atoms with van der Waals surface area (Å²) in [5, 5.41) is 2.35. The number of aromatic nitrogens is 1. The molecule has 0 spiro atoms. The van der Waals surface area contributed by atoms with Crippen molar-refractivity contribution in [2.75, 3.05) is 9.80 Å². The van der Waals surface area contributed by atoms with Gasteiger partial charge >= 0.3 is 0 Å². The molecule has 135 heavy (non-hydrogen) atoms. The molecule has 0 amide bonds. The van der Waals surface area contributed by atoms with Crippen molar-refractivity contribution in [3.05, 3.63) is 423 Å². The molecule has 0 saturated carbocycles. The molecule has 6 aliphatic rings. The van der Waals surface area contributed by atoms with E-state index in [1.165, 1.54) is 32.9 Å². The van der Waals surface area contributed by atoms with Crippen molar-refractivity contribution in [1.82, 2.24) is 4.57 Å². The Morgan fingerprint density at radius 1 is 0.207 bits per heavy atom. The zero-order valence-corrected chi connectivity index (χ0v) is 77.0. The molecule has 0 atom stereocenters. The van der Waals surface area contributed by atoms with Gasteiger partial charge in [0.15, 0.2) is 0 Å². The van der Waals surface area contributed by atoms with Crippen LogP contribution in [0.15, 0.2) is 406 Å². The highest BCUT2D eigenvalue weighted by molar-refractivity contribution is 7.05. The molecule has 6 aliphatic heterocycles. The van der Waals surface area contributed by atoms with Crippen molar-refractivity contribution < 1.29 is 14.2 Å². The fourth-order valence-corrected chi connectivity index (χ4v) is 22.7. The number of benzene rings is 19. The van der Waals surface area contributed by atoms with Gasteiger partial charge in [-0.05, 0) is 233 Å². The van der Waals surface area contributed by atoms with Crippen molar-refractivity contribution in [2.45, 2.75) is 78.6 Å². The first-order valence-corrected chi connectivity index (χ1v) is 47.5. The summed E-state index contributed by atoms with van der Waals surface area (Å²) in [7, 11) is 0. The Morgan fingerprint density at radius 3 is 0.889 bits per heavy atom. The van der Waals surface area contributed by atoms with Crippen LogP contribution in [0.4, 0.5) is 34.1 Å². The first kappa shape index (κ1) is 80.1. The van der Waals surface area contributed by atoms with Gasteiger partial charge in [-0.1, -0.05) is 384 Å². The first-order valence-electron chi connectivity index (χ1n) is 47.5. The molecule has 0 fully saturated rings. The van der Waals surface area contributed by atoms with Gasteiger partial charge in [0.05, 0.1) is 16.9 Å². The Hall–Kier alpha value is -15.8. The molecule has 0 N–H and O–H groups in total. The second kappa shape index (κ2) is 30.4. The number of hydrogen-bond donors (Lipinski definition) is 0. The van der Waals surface area contributed by atoms with Gasteiger partial charge in [0.25, 0.3) is 20.1 Å². The third-order valence-electron chi connectivity index (χ3n) is 29.3. The van der Waals surface area contributed by atoms with Gasteiger partial charge in [-0.2, -0.15) is 0 Å². The Balaban J connectivity index is 0.885. The molecule has 26 rings (SSSR count). The minimum atomic E-state index is -0.675. The maximum atomic E-state index is 8.71. The van der Waals surface area contributed by atoms with Crippen molar-refractivity contribution in [2.24, 2.45) is 0 Å². The van der Waals surface area contributed by atoms with Crippen LogP contribution in [0.3, 0.4) is 0 Å². The molecule has 0 radical (unpaired) electrons.